The summed E-state index contributed by atoms with van der Waals surface area (Å²) in [5, 5.41) is 148. The molecule has 2 amide bonds. The normalized spacial score (nSPS) is 32.4. The highest BCUT2D eigenvalue weighted by molar-refractivity contribution is 5.76. The molecular weight excluding hydrogens is 1210 g/mol. The molecule has 0 aliphatic carbocycles. The van der Waals surface area contributed by atoms with E-state index in [4.69, 9.17) is 37.9 Å². The van der Waals surface area contributed by atoms with Gasteiger partial charge >= 0.3 is 0 Å². The molecule has 4 aliphatic heterocycles. The number of rotatable bonds is 51. The van der Waals surface area contributed by atoms with Crippen molar-refractivity contribution in [3.63, 3.8) is 0 Å². The number of hydrogen-bond acceptors (Lipinski definition) is 23. The fourth-order valence-corrected chi connectivity index (χ4v) is 12.8. The van der Waals surface area contributed by atoms with Gasteiger partial charge in [-0.05, 0) is 19.3 Å². The van der Waals surface area contributed by atoms with Gasteiger partial charge in [-0.25, -0.2) is 0 Å². The molecule has 0 unspecified atom stereocenters. The molecule has 22 atom stereocenters. The molecule has 0 spiro atoms. The Labute approximate surface area is 553 Å². The third kappa shape index (κ3) is 29.7. The maximum Gasteiger partial charge on any atom is 0.220 e. The molecule has 0 bridgehead atoms. The highest BCUT2D eigenvalue weighted by atomic mass is 16.8. The molecule has 93 heavy (non-hydrogen) atoms. The van der Waals surface area contributed by atoms with Crippen LogP contribution < -0.4 is 10.6 Å². The lowest BCUT2D eigenvalue weighted by Gasteiger charge is -2.49. The van der Waals surface area contributed by atoms with Crippen molar-refractivity contribution < 1.29 is 114 Å². The number of hydrogen-bond donors (Lipinski definition) is 15. The summed E-state index contributed by atoms with van der Waals surface area (Å²) in [7, 11) is 0. The summed E-state index contributed by atoms with van der Waals surface area (Å²) in [5.41, 5.74) is 0. The van der Waals surface area contributed by atoms with E-state index in [1.165, 1.54) is 161 Å². The van der Waals surface area contributed by atoms with Gasteiger partial charge in [0, 0.05) is 13.3 Å². The Hall–Kier alpha value is -2.16. The van der Waals surface area contributed by atoms with Gasteiger partial charge in [-0.2, -0.15) is 0 Å². The van der Waals surface area contributed by atoms with Gasteiger partial charge in [0.15, 0.2) is 25.2 Å². The maximum atomic E-state index is 13.4. The van der Waals surface area contributed by atoms with Gasteiger partial charge in [-0.3, -0.25) is 9.59 Å². The van der Waals surface area contributed by atoms with Gasteiger partial charge in [0.05, 0.1) is 45.2 Å². The fourth-order valence-electron chi connectivity index (χ4n) is 12.8. The standard InChI is InChI=1S/C68H126N2O23/c1-4-6-8-10-12-14-16-18-19-20-21-22-23-24-25-27-29-31-33-35-37-39-52(77)70-46(47(76)38-36-34-32-30-28-26-17-15-13-11-9-7-5-2)44-86-66-59(83)57(81)62(50(42-73)89-66)91-67-60(84)58(82)63(51(43-74)90-67)92-68-61(85)64(55(79)49(41-72)88-68)93-65-53(69-45(3)75)56(80)54(78)48(40-71)87-65/h36,38,46-51,53-68,71-74,76,78-85H,4-35,37,39-44H2,1-3H3,(H,69,75)(H,70,77)/b38-36+/t46-,47+,48+,49+,50+,51+,53+,54-,55-,56-,57-,58-,59+,60+,61+,62-,63+,64+,65+,66-,67+,68-/m1/s1. The molecule has 0 aromatic heterocycles. The van der Waals surface area contributed by atoms with Gasteiger partial charge in [0.25, 0.3) is 0 Å². The van der Waals surface area contributed by atoms with E-state index in [2.05, 4.69) is 24.5 Å². The monoisotopic (exact) mass is 1340 g/mol. The van der Waals surface area contributed by atoms with Crippen LogP contribution in [0.4, 0.5) is 0 Å². The molecule has 25 heteroatoms. The van der Waals surface area contributed by atoms with E-state index in [1.807, 2.05) is 6.08 Å². The largest absolute Gasteiger partial charge is 0.394 e. The zero-order valence-electron chi connectivity index (χ0n) is 56.3. The summed E-state index contributed by atoms with van der Waals surface area (Å²) in [6.45, 7) is 1.65. The van der Waals surface area contributed by atoms with Crippen molar-refractivity contribution in [1.82, 2.24) is 10.6 Å². The van der Waals surface area contributed by atoms with Crippen molar-refractivity contribution in [1.29, 1.82) is 0 Å². The van der Waals surface area contributed by atoms with E-state index < -0.39 is 174 Å². The SMILES string of the molecule is CCCCCCCCCCCCC/C=C/[C@H](O)[C@@H](CO[C@@H]1O[C@@H](CO)[C@@H](O[C@@H]2O[C@@H](CO)[C@H](O[C@H]3O[C@@H](CO)[C@@H](O)[C@H](O[C@@H]4O[C@@H](CO)[C@@H](O)[C@H](O)[C@@H]4NC(C)=O)[C@@H]3O)[C@H](O)[C@@H]2O)[C@H](O)[C@@H]1O)NC(=O)CCCCCCCCCCCCCCCCCCCCCCC. The lowest BCUT2D eigenvalue weighted by atomic mass is 9.95. The van der Waals surface area contributed by atoms with Crippen LogP contribution >= 0.6 is 0 Å². The van der Waals surface area contributed by atoms with Gasteiger partial charge in [0.1, 0.15) is 97.6 Å². The Morgan fingerprint density at radius 1 is 0.419 bits per heavy atom. The second kappa shape index (κ2) is 48.6. The van der Waals surface area contributed by atoms with Crippen molar-refractivity contribution in [2.75, 3.05) is 33.0 Å². The number of nitrogens with one attached hydrogen (secondary N) is 2. The van der Waals surface area contributed by atoms with Crippen LogP contribution in [0.1, 0.15) is 239 Å². The third-order valence-electron chi connectivity index (χ3n) is 18.6. The lowest BCUT2D eigenvalue weighted by Crippen LogP contribution is -2.69. The van der Waals surface area contributed by atoms with E-state index in [1.54, 1.807) is 6.08 Å². The molecule has 546 valence electrons. The molecule has 0 saturated carbocycles. The molecule has 0 aromatic carbocycles. The number of amides is 2. The average molecular weight is 1340 g/mol. The summed E-state index contributed by atoms with van der Waals surface area (Å²) in [6, 6.07) is -2.53. The molecule has 4 aliphatic rings. The van der Waals surface area contributed by atoms with E-state index in [-0.39, 0.29) is 12.3 Å². The first-order valence-corrected chi connectivity index (χ1v) is 35.9. The first-order chi connectivity index (χ1) is 45.0. The minimum atomic E-state index is -2.10. The van der Waals surface area contributed by atoms with E-state index in [9.17, 15) is 76.0 Å². The first kappa shape index (κ1) is 83.3. The molecule has 15 N–H and O–H groups in total. The van der Waals surface area contributed by atoms with Crippen LogP contribution in [0, 0.1) is 0 Å². The van der Waals surface area contributed by atoms with Crippen molar-refractivity contribution in [3.05, 3.63) is 12.2 Å². The molecule has 4 saturated heterocycles. The number of carbonyl (C=O) groups is 2. The highest BCUT2D eigenvalue weighted by Crippen LogP contribution is 2.35. The topological polar surface area (TPSA) is 395 Å². The number of ether oxygens (including phenoxy) is 8. The number of aliphatic hydroxyl groups is 13. The van der Waals surface area contributed by atoms with Crippen LogP contribution in [0.3, 0.4) is 0 Å². The second-order valence-corrected chi connectivity index (χ2v) is 26.4. The van der Waals surface area contributed by atoms with Crippen LogP contribution in [0.5, 0.6) is 0 Å². The van der Waals surface area contributed by atoms with Gasteiger partial charge in [-0.15, -0.1) is 0 Å². The van der Waals surface area contributed by atoms with Gasteiger partial charge < -0.3 is 115 Å². The number of allylic oxidation sites excluding steroid dienone is 1. The summed E-state index contributed by atoms with van der Waals surface area (Å²) >= 11 is 0. The maximum absolute atomic E-state index is 13.4. The third-order valence-corrected chi connectivity index (χ3v) is 18.6. The minimum Gasteiger partial charge on any atom is -0.394 e. The Bertz CT molecular complexity index is 1930. The lowest BCUT2D eigenvalue weighted by molar-refractivity contribution is -0.386. The smallest absolute Gasteiger partial charge is 0.220 e. The zero-order chi connectivity index (χ0) is 67.9. The minimum absolute atomic E-state index is 0.219. The summed E-state index contributed by atoms with van der Waals surface area (Å²) in [5.74, 6) is -0.999. The quantitative estimate of drug-likeness (QED) is 0.0301. The van der Waals surface area contributed by atoms with Gasteiger partial charge in [0.2, 0.25) is 11.8 Å². The Kier molecular flexibility index (Phi) is 43.5. The Morgan fingerprint density at radius 2 is 0.785 bits per heavy atom. The highest BCUT2D eigenvalue weighted by Gasteiger charge is 2.56. The van der Waals surface area contributed by atoms with Crippen molar-refractivity contribution >= 4 is 11.8 Å². The van der Waals surface area contributed by atoms with Crippen molar-refractivity contribution in [3.8, 4) is 0 Å². The molecule has 4 rings (SSSR count). The second-order valence-electron chi connectivity index (χ2n) is 26.4. The van der Waals surface area contributed by atoms with E-state index in [0.717, 1.165) is 45.4 Å². The van der Waals surface area contributed by atoms with E-state index >= 15 is 0 Å². The molecular formula is C68H126N2O23. The molecule has 0 radical (unpaired) electrons. The average Bonchev–Trinajstić information content (AvgIpc) is 1.36. The van der Waals surface area contributed by atoms with Crippen molar-refractivity contribution in [2.24, 2.45) is 0 Å². The van der Waals surface area contributed by atoms with Crippen molar-refractivity contribution in [2.45, 2.75) is 374 Å². The summed E-state index contributed by atoms with van der Waals surface area (Å²) < 4.78 is 46.5. The van der Waals surface area contributed by atoms with Crippen LogP contribution in [-0.4, -0.2) is 246 Å². The fraction of sp³-hybridized carbons (Fsp3) is 0.941. The summed E-state index contributed by atoms with van der Waals surface area (Å²) in [4.78, 5) is 25.5. The summed E-state index contributed by atoms with van der Waals surface area (Å²) in [6.07, 6.45) is 8.46. The predicted octanol–water partition coefficient (Wildman–Crippen LogP) is 4.12. The molecule has 0 aromatic rings. The zero-order valence-corrected chi connectivity index (χ0v) is 56.3. The molecule has 4 fully saturated rings. The Balaban J connectivity index is 1.29. The molecule has 4 heterocycles. The number of carbonyl (C=O) groups excluding carboxylic acids is 2. The predicted molar refractivity (Wildman–Crippen MR) is 345 cm³/mol. The first-order valence-electron chi connectivity index (χ1n) is 35.9. The van der Waals surface area contributed by atoms with Gasteiger partial charge in [-0.1, -0.05) is 219 Å². The van der Waals surface area contributed by atoms with Crippen LogP contribution in [-0.2, 0) is 47.5 Å². The Morgan fingerprint density at radius 3 is 1.23 bits per heavy atom. The van der Waals surface area contributed by atoms with Crippen LogP contribution in [0.2, 0.25) is 0 Å². The number of aliphatic hydroxyl groups excluding tert-OH is 13. The van der Waals surface area contributed by atoms with Crippen LogP contribution in [0.25, 0.3) is 0 Å². The molecule has 25 nitrogen and oxygen atoms in total. The van der Waals surface area contributed by atoms with E-state index in [0.29, 0.717) is 12.8 Å². The van der Waals surface area contributed by atoms with Crippen LogP contribution in [0.15, 0.2) is 12.2 Å². The number of unbranched alkanes of at least 4 members (excludes halogenated alkanes) is 31.